The van der Waals surface area contributed by atoms with E-state index in [-0.39, 0.29) is 6.10 Å². The molecule has 0 amide bonds. The van der Waals surface area contributed by atoms with Gasteiger partial charge < -0.3 is 10.1 Å². The normalized spacial score (nSPS) is 17.3. The van der Waals surface area contributed by atoms with Gasteiger partial charge in [0.15, 0.2) is 0 Å². The Labute approximate surface area is 129 Å². The lowest BCUT2D eigenvalue weighted by Crippen LogP contribution is -2.29. The van der Waals surface area contributed by atoms with Crippen LogP contribution >= 0.6 is 38.9 Å². The van der Waals surface area contributed by atoms with Gasteiger partial charge in [-0.15, -0.1) is 11.3 Å². The molecule has 2 heterocycles. The number of ether oxygens (including phenoxy) is 1. The van der Waals surface area contributed by atoms with E-state index < -0.39 is 0 Å². The molecule has 2 nitrogen and oxygen atoms in total. The van der Waals surface area contributed by atoms with Gasteiger partial charge in [0.2, 0.25) is 0 Å². The SMILES string of the molecule is Clc1sc(CNCC2Cc3ccccc3O2)cc1Br. The fourth-order valence-electron chi connectivity index (χ4n) is 2.20. The second-order valence-electron chi connectivity index (χ2n) is 4.52. The number of nitrogens with one attached hydrogen (secondary N) is 1. The zero-order chi connectivity index (χ0) is 13.2. The summed E-state index contributed by atoms with van der Waals surface area (Å²) in [4.78, 5) is 1.23. The molecule has 1 aromatic heterocycles. The van der Waals surface area contributed by atoms with E-state index in [2.05, 4.69) is 39.4 Å². The average Bonchev–Trinajstić information content (AvgIpc) is 2.93. The molecular weight excluding hydrogens is 346 g/mol. The zero-order valence-electron chi connectivity index (χ0n) is 10.2. The summed E-state index contributed by atoms with van der Waals surface area (Å²) in [6.45, 7) is 1.67. The molecule has 1 aliphatic rings. The Morgan fingerprint density at radius 3 is 3.00 bits per heavy atom. The third-order valence-electron chi connectivity index (χ3n) is 3.08. The Morgan fingerprint density at radius 1 is 1.42 bits per heavy atom. The van der Waals surface area contributed by atoms with Gasteiger partial charge >= 0.3 is 0 Å². The van der Waals surface area contributed by atoms with Gasteiger partial charge in [-0.25, -0.2) is 0 Å². The first-order chi connectivity index (χ1) is 9.22. The molecule has 2 aromatic rings. The average molecular weight is 359 g/mol. The van der Waals surface area contributed by atoms with E-state index >= 15 is 0 Å². The molecule has 100 valence electrons. The van der Waals surface area contributed by atoms with Crippen LogP contribution in [0.1, 0.15) is 10.4 Å². The first-order valence-corrected chi connectivity index (χ1v) is 8.10. The quantitative estimate of drug-likeness (QED) is 0.882. The maximum absolute atomic E-state index is 6.02. The number of hydrogen-bond donors (Lipinski definition) is 1. The molecule has 0 saturated heterocycles. The molecular formula is C14H13BrClNOS. The van der Waals surface area contributed by atoms with Crippen LogP contribution in [0.2, 0.25) is 4.34 Å². The van der Waals surface area contributed by atoms with Gasteiger partial charge in [-0.3, -0.25) is 0 Å². The highest BCUT2D eigenvalue weighted by molar-refractivity contribution is 9.10. The largest absolute Gasteiger partial charge is 0.488 e. The number of benzene rings is 1. The highest BCUT2D eigenvalue weighted by atomic mass is 79.9. The van der Waals surface area contributed by atoms with E-state index in [1.807, 2.05) is 12.1 Å². The number of thiophene rings is 1. The summed E-state index contributed by atoms with van der Waals surface area (Å²) >= 11 is 11.0. The van der Waals surface area contributed by atoms with Crippen molar-refractivity contribution in [2.45, 2.75) is 19.1 Å². The lowest BCUT2D eigenvalue weighted by atomic mass is 10.1. The molecule has 0 fully saturated rings. The standard InChI is InChI=1S/C14H13BrClNOS/c15-12-6-11(19-14(12)16)8-17-7-10-5-9-3-1-2-4-13(9)18-10/h1-4,6,10,17H,5,7-8H2. The van der Waals surface area contributed by atoms with Crippen molar-refractivity contribution in [2.75, 3.05) is 6.54 Å². The Morgan fingerprint density at radius 2 is 2.26 bits per heavy atom. The molecule has 0 saturated carbocycles. The second kappa shape index (κ2) is 5.83. The molecule has 0 aliphatic carbocycles. The molecule has 1 aliphatic heterocycles. The summed E-state index contributed by atoms with van der Waals surface area (Å²) in [5.41, 5.74) is 1.30. The van der Waals surface area contributed by atoms with E-state index in [0.29, 0.717) is 0 Å². The molecule has 0 spiro atoms. The molecule has 19 heavy (non-hydrogen) atoms. The van der Waals surface area contributed by atoms with E-state index in [1.165, 1.54) is 10.4 Å². The fraction of sp³-hybridized carbons (Fsp3) is 0.286. The van der Waals surface area contributed by atoms with Crippen LogP contribution in [0.4, 0.5) is 0 Å². The Bertz CT molecular complexity index is 542. The van der Waals surface area contributed by atoms with Crippen molar-refractivity contribution >= 4 is 38.9 Å². The number of rotatable bonds is 4. The van der Waals surface area contributed by atoms with Crippen LogP contribution in [-0.2, 0) is 13.0 Å². The van der Waals surface area contributed by atoms with Gasteiger partial charge in [-0.1, -0.05) is 29.8 Å². The van der Waals surface area contributed by atoms with Gasteiger partial charge in [0.05, 0.1) is 0 Å². The predicted molar refractivity (Wildman–Crippen MR) is 83.3 cm³/mol. The molecule has 0 bridgehead atoms. The monoisotopic (exact) mass is 357 g/mol. The molecule has 0 radical (unpaired) electrons. The van der Waals surface area contributed by atoms with Crippen LogP contribution in [0, 0.1) is 0 Å². The van der Waals surface area contributed by atoms with Gasteiger partial charge in [-0.2, -0.15) is 0 Å². The van der Waals surface area contributed by atoms with Crippen LogP contribution in [0.25, 0.3) is 0 Å². The first-order valence-electron chi connectivity index (χ1n) is 6.11. The van der Waals surface area contributed by atoms with E-state index in [4.69, 9.17) is 16.3 Å². The van der Waals surface area contributed by atoms with Crippen molar-refractivity contribution in [1.82, 2.24) is 5.32 Å². The highest BCUT2D eigenvalue weighted by Crippen LogP contribution is 2.32. The summed E-state index contributed by atoms with van der Waals surface area (Å²) in [6.07, 6.45) is 1.22. The van der Waals surface area contributed by atoms with E-state index in [0.717, 1.165) is 34.1 Å². The minimum absolute atomic E-state index is 0.233. The van der Waals surface area contributed by atoms with Gasteiger partial charge in [0.25, 0.3) is 0 Å². The molecule has 1 atom stereocenters. The lowest BCUT2D eigenvalue weighted by Gasteiger charge is -2.11. The van der Waals surface area contributed by atoms with E-state index in [1.54, 1.807) is 11.3 Å². The second-order valence-corrected chi connectivity index (χ2v) is 7.11. The van der Waals surface area contributed by atoms with Crippen molar-refractivity contribution in [3.8, 4) is 5.75 Å². The summed E-state index contributed by atoms with van der Waals surface area (Å²) in [5.74, 6) is 1.02. The number of para-hydroxylation sites is 1. The minimum Gasteiger partial charge on any atom is -0.488 e. The topological polar surface area (TPSA) is 21.3 Å². The van der Waals surface area contributed by atoms with Crippen LogP contribution in [0.5, 0.6) is 5.75 Å². The minimum atomic E-state index is 0.233. The highest BCUT2D eigenvalue weighted by Gasteiger charge is 2.21. The molecule has 3 rings (SSSR count). The Balaban J connectivity index is 1.50. The van der Waals surface area contributed by atoms with E-state index in [9.17, 15) is 0 Å². The predicted octanol–water partition coefficient (Wildman–Crippen LogP) is 4.26. The summed E-state index contributed by atoms with van der Waals surface area (Å²) in [5, 5.41) is 3.42. The van der Waals surface area contributed by atoms with Crippen molar-refractivity contribution in [3.63, 3.8) is 0 Å². The number of hydrogen-bond acceptors (Lipinski definition) is 3. The first kappa shape index (κ1) is 13.4. The fourth-order valence-corrected chi connectivity index (χ4v) is 3.96. The Kier molecular flexibility index (Phi) is 4.12. The Hall–Kier alpha value is -0.550. The molecule has 1 aromatic carbocycles. The van der Waals surface area contributed by atoms with Crippen LogP contribution in [0.15, 0.2) is 34.8 Å². The molecule has 1 N–H and O–H groups in total. The van der Waals surface area contributed by atoms with Crippen molar-refractivity contribution in [3.05, 3.63) is 49.6 Å². The van der Waals surface area contributed by atoms with Crippen molar-refractivity contribution in [1.29, 1.82) is 0 Å². The maximum atomic E-state index is 6.02. The smallest absolute Gasteiger partial charge is 0.123 e. The van der Waals surface area contributed by atoms with Crippen LogP contribution < -0.4 is 10.1 Å². The lowest BCUT2D eigenvalue weighted by molar-refractivity contribution is 0.227. The van der Waals surface area contributed by atoms with Gasteiger partial charge in [-0.05, 0) is 33.6 Å². The summed E-state index contributed by atoms with van der Waals surface area (Å²) in [6, 6.07) is 10.3. The van der Waals surface area contributed by atoms with Crippen LogP contribution in [-0.4, -0.2) is 12.6 Å². The zero-order valence-corrected chi connectivity index (χ0v) is 13.3. The molecule has 1 unspecified atom stereocenters. The third-order valence-corrected chi connectivity index (χ3v) is 5.56. The summed E-state index contributed by atoms with van der Waals surface area (Å²) in [7, 11) is 0. The van der Waals surface area contributed by atoms with Crippen LogP contribution in [0.3, 0.4) is 0 Å². The maximum Gasteiger partial charge on any atom is 0.123 e. The van der Waals surface area contributed by atoms with Gasteiger partial charge in [0.1, 0.15) is 16.2 Å². The molecule has 5 heteroatoms. The number of fused-ring (bicyclic) bond motifs is 1. The van der Waals surface area contributed by atoms with Gasteiger partial charge in [0, 0.05) is 28.9 Å². The number of halogens is 2. The van der Waals surface area contributed by atoms with Crippen molar-refractivity contribution < 1.29 is 4.74 Å². The third kappa shape index (κ3) is 3.14. The summed E-state index contributed by atoms with van der Waals surface area (Å²) < 4.78 is 7.66. The van der Waals surface area contributed by atoms with Crippen molar-refractivity contribution in [2.24, 2.45) is 0 Å².